The summed E-state index contributed by atoms with van der Waals surface area (Å²) >= 11 is 7.70. The molecule has 0 saturated carbocycles. The Bertz CT molecular complexity index is 562. The number of hydrogen-bond acceptors (Lipinski definition) is 4. The van der Waals surface area contributed by atoms with Gasteiger partial charge in [-0.25, -0.2) is 12.7 Å². The monoisotopic (exact) mass is 350 g/mol. The van der Waals surface area contributed by atoms with Crippen LogP contribution in [0.25, 0.3) is 0 Å². The zero-order valence-electron chi connectivity index (χ0n) is 12.9. The number of rotatable bonds is 8. The molecule has 0 amide bonds. The van der Waals surface area contributed by atoms with Crippen LogP contribution in [0, 0.1) is 0 Å². The van der Waals surface area contributed by atoms with Crippen molar-refractivity contribution >= 4 is 33.4 Å². The van der Waals surface area contributed by atoms with Gasteiger partial charge in [0.25, 0.3) is 0 Å². The third kappa shape index (κ3) is 5.45. The average molecular weight is 351 g/mol. The topological polar surface area (TPSA) is 49.4 Å². The zero-order chi connectivity index (χ0) is 16.0. The molecule has 0 radical (unpaired) electrons. The first-order valence-electron chi connectivity index (χ1n) is 6.76. The maximum Gasteiger partial charge on any atom is 0.244 e. The van der Waals surface area contributed by atoms with Crippen molar-refractivity contribution < 1.29 is 8.42 Å². The molecule has 0 bridgehead atoms. The molecule has 0 saturated heterocycles. The normalized spacial score (nSPS) is 12.3. The summed E-state index contributed by atoms with van der Waals surface area (Å²) < 4.78 is 26.5. The fraction of sp³-hybridized carbons (Fsp3) is 0.571. The van der Waals surface area contributed by atoms with Gasteiger partial charge in [0.15, 0.2) is 0 Å². The highest BCUT2D eigenvalue weighted by Gasteiger charge is 2.23. The van der Waals surface area contributed by atoms with Crippen LogP contribution in [0.4, 0.5) is 0 Å². The number of sulfonamides is 1. The molecule has 0 atom stereocenters. The molecular weight excluding hydrogens is 328 g/mol. The van der Waals surface area contributed by atoms with E-state index < -0.39 is 10.0 Å². The smallest absolute Gasteiger partial charge is 0.244 e. The predicted octanol–water partition coefficient (Wildman–Crippen LogP) is 2.82. The van der Waals surface area contributed by atoms with E-state index in [1.807, 2.05) is 26.2 Å². The molecule has 0 heterocycles. The first-order chi connectivity index (χ1) is 9.78. The van der Waals surface area contributed by atoms with Crippen molar-refractivity contribution in [1.29, 1.82) is 0 Å². The van der Waals surface area contributed by atoms with E-state index in [4.69, 9.17) is 11.6 Å². The van der Waals surface area contributed by atoms with E-state index in [1.54, 1.807) is 30.9 Å². The highest BCUT2D eigenvalue weighted by Crippen LogP contribution is 2.25. The van der Waals surface area contributed by atoms with Gasteiger partial charge in [-0.15, -0.1) is 0 Å². The van der Waals surface area contributed by atoms with E-state index in [-0.39, 0.29) is 9.92 Å². The lowest BCUT2D eigenvalue weighted by Crippen LogP contribution is -2.29. The second-order valence-corrected chi connectivity index (χ2v) is 8.53. The van der Waals surface area contributed by atoms with Crippen LogP contribution in [0.1, 0.15) is 19.4 Å². The van der Waals surface area contributed by atoms with Gasteiger partial charge < -0.3 is 5.32 Å². The number of benzene rings is 1. The van der Waals surface area contributed by atoms with Gasteiger partial charge in [0.1, 0.15) is 4.90 Å². The lowest BCUT2D eigenvalue weighted by molar-refractivity contribution is 0.488. The van der Waals surface area contributed by atoms with Gasteiger partial charge in [-0.1, -0.05) is 31.5 Å². The van der Waals surface area contributed by atoms with Crippen molar-refractivity contribution in [3.63, 3.8) is 0 Å². The van der Waals surface area contributed by atoms with Crippen molar-refractivity contribution in [3.8, 4) is 0 Å². The maximum absolute atomic E-state index is 12.6. The highest BCUT2D eigenvalue weighted by molar-refractivity contribution is 7.98. The van der Waals surface area contributed by atoms with Gasteiger partial charge in [-0.3, -0.25) is 0 Å². The molecule has 21 heavy (non-hydrogen) atoms. The summed E-state index contributed by atoms with van der Waals surface area (Å²) in [6.07, 6.45) is 1.95. The number of nitrogens with zero attached hydrogens (tertiary/aromatic N) is 1. The van der Waals surface area contributed by atoms with Crippen LogP contribution in [0.2, 0.25) is 5.02 Å². The first kappa shape index (κ1) is 18.8. The van der Waals surface area contributed by atoms with Gasteiger partial charge in [0, 0.05) is 31.9 Å². The molecule has 1 aromatic carbocycles. The predicted molar refractivity (Wildman–Crippen MR) is 91.6 cm³/mol. The molecule has 1 N–H and O–H groups in total. The van der Waals surface area contributed by atoms with E-state index in [1.165, 1.54) is 4.31 Å². The Kier molecular flexibility index (Phi) is 7.50. The Hall–Kier alpha value is -0.270. The molecule has 0 fully saturated rings. The molecule has 0 unspecified atom stereocenters. The molecule has 0 spiro atoms. The molecule has 1 aromatic rings. The lowest BCUT2D eigenvalue weighted by Gasteiger charge is -2.18. The quantitative estimate of drug-likeness (QED) is 0.783. The Labute approximate surface area is 137 Å². The molecule has 120 valence electrons. The average Bonchev–Trinajstić information content (AvgIpc) is 2.43. The third-order valence-corrected chi connectivity index (χ3v) is 5.94. The molecule has 0 aliphatic carbocycles. The largest absolute Gasteiger partial charge is 0.310 e. The Morgan fingerprint density at radius 1 is 1.38 bits per heavy atom. The van der Waals surface area contributed by atoms with Crippen LogP contribution in [-0.4, -0.2) is 44.4 Å². The summed E-state index contributed by atoms with van der Waals surface area (Å²) in [6, 6.07) is 5.49. The summed E-state index contributed by atoms with van der Waals surface area (Å²) in [4.78, 5) is 0.177. The van der Waals surface area contributed by atoms with E-state index in [2.05, 4.69) is 5.32 Å². The van der Waals surface area contributed by atoms with Crippen LogP contribution in [-0.2, 0) is 16.6 Å². The van der Waals surface area contributed by atoms with Crippen LogP contribution in [0.5, 0.6) is 0 Å². The second-order valence-electron chi connectivity index (χ2n) is 5.12. The van der Waals surface area contributed by atoms with Gasteiger partial charge in [-0.2, -0.15) is 11.8 Å². The van der Waals surface area contributed by atoms with Gasteiger partial charge >= 0.3 is 0 Å². The summed E-state index contributed by atoms with van der Waals surface area (Å²) in [5, 5.41) is 3.53. The summed E-state index contributed by atoms with van der Waals surface area (Å²) in [5.74, 6) is 0.752. The molecule has 4 nitrogen and oxygen atoms in total. The zero-order valence-corrected chi connectivity index (χ0v) is 15.3. The molecular formula is C14H23ClN2O2S2. The van der Waals surface area contributed by atoms with Crippen LogP contribution in [0.15, 0.2) is 23.1 Å². The number of thioether (sulfide) groups is 1. The first-order valence-corrected chi connectivity index (χ1v) is 9.97. The molecule has 1 rings (SSSR count). The second kappa shape index (κ2) is 8.39. The highest BCUT2D eigenvalue weighted by atomic mass is 35.5. The van der Waals surface area contributed by atoms with E-state index in [9.17, 15) is 8.42 Å². The lowest BCUT2D eigenvalue weighted by atomic mass is 10.2. The van der Waals surface area contributed by atoms with Crippen molar-refractivity contribution in [3.05, 3.63) is 28.8 Å². The Morgan fingerprint density at radius 3 is 2.62 bits per heavy atom. The summed E-state index contributed by atoms with van der Waals surface area (Å²) in [7, 11) is -1.96. The van der Waals surface area contributed by atoms with Crippen molar-refractivity contribution in [1.82, 2.24) is 9.62 Å². The number of halogens is 1. The van der Waals surface area contributed by atoms with Gasteiger partial charge in [-0.05, 0) is 24.0 Å². The molecule has 7 heteroatoms. The number of hydrogen-bond donors (Lipinski definition) is 1. The van der Waals surface area contributed by atoms with Crippen molar-refractivity contribution in [2.45, 2.75) is 31.3 Å². The van der Waals surface area contributed by atoms with Crippen LogP contribution < -0.4 is 5.32 Å². The minimum absolute atomic E-state index is 0.177. The molecule has 0 aliphatic rings. The van der Waals surface area contributed by atoms with Crippen LogP contribution in [0.3, 0.4) is 0 Å². The Morgan fingerprint density at radius 2 is 2.05 bits per heavy atom. The maximum atomic E-state index is 12.6. The number of nitrogens with one attached hydrogen (secondary N) is 1. The van der Waals surface area contributed by atoms with Crippen molar-refractivity contribution in [2.75, 3.05) is 25.6 Å². The SMILES string of the molecule is CSCCN(C)S(=O)(=O)c1cc(CNC(C)C)ccc1Cl. The third-order valence-electron chi connectivity index (χ3n) is 3.01. The summed E-state index contributed by atoms with van der Waals surface area (Å²) in [5.41, 5.74) is 0.907. The fourth-order valence-corrected chi connectivity index (χ4v) is 3.95. The standard InChI is InChI=1S/C14H23ClN2O2S2/c1-11(2)16-10-12-5-6-13(15)14(9-12)21(18,19)17(3)7-8-20-4/h5-6,9,11,16H,7-8,10H2,1-4H3. The summed E-state index contributed by atoms with van der Waals surface area (Å²) in [6.45, 7) is 5.17. The van der Waals surface area contributed by atoms with Gasteiger partial charge in [0.05, 0.1) is 5.02 Å². The van der Waals surface area contributed by atoms with Crippen LogP contribution >= 0.6 is 23.4 Å². The molecule has 0 aromatic heterocycles. The molecule has 0 aliphatic heterocycles. The van der Waals surface area contributed by atoms with E-state index in [0.29, 0.717) is 19.1 Å². The Balaban J connectivity index is 3.02. The minimum atomic E-state index is -3.54. The van der Waals surface area contributed by atoms with E-state index >= 15 is 0 Å². The van der Waals surface area contributed by atoms with Crippen molar-refractivity contribution in [2.24, 2.45) is 0 Å². The fourth-order valence-electron chi connectivity index (χ4n) is 1.69. The minimum Gasteiger partial charge on any atom is -0.310 e. The van der Waals surface area contributed by atoms with Gasteiger partial charge in [0.2, 0.25) is 10.0 Å². The van der Waals surface area contributed by atoms with E-state index in [0.717, 1.165) is 11.3 Å².